The maximum atomic E-state index is 13.2. The zero-order chi connectivity index (χ0) is 11.7. The number of halogens is 1. The second-order valence-electron chi connectivity index (χ2n) is 3.35. The van der Waals surface area contributed by atoms with Crippen LogP contribution in [0.5, 0.6) is 0 Å². The minimum atomic E-state index is -1.02. The van der Waals surface area contributed by atoms with E-state index in [2.05, 4.69) is 10.5 Å². The smallest absolute Gasteiger partial charge is 0.325 e. The average molecular weight is 224 g/mol. The van der Waals surface area contributed by atoms with Crippen molar-refractivity contribution >= 4 is 22.8 Å². The van der Waals surface area contributed by atoms with E-state index in [0.717, 1.165) is 0 Å². The van der Waals surface area contributed by atoms with Crippen molar-refractivity contribution in [1.82, 2.24) is 5.16 Å². The van der Waals surface area contributed by atoms with Crippen LogP contribution < -0.4 is 5.32 Å². The number of carboxylic acid groups (broad SMARTS) is 1. The molecule has 0 fully saturated rings. The first-order valence-electron chi connectivity index (χ1n) is 4.63. The van der Waals surface area contributed by atoms with Crippen LogP contribution in [-0.2, 0) is 4.79 Å². The Morgan fingerprint density at radius 3 is 3.06 bits per heavy atom. The van der Waals surface area contributed by atoms with Crippen LogP contribution in [0, 0.1) is 5.82 Å². The number of aliphatic carboxylic acids is 1. The second kappa shape index (κ2) is 3.80. The summed E-state index contributed by atoms with van der Waals surface area (Å²) in [4.78, 5) is 10.6. The number of aromatic nitrogens is 1. The van der Waals surface area contributed by atoms with Crippen molar-refractivity contribution in [2.45, 2.75) is 13.0 Å². The van der Waals surface area contributed by atoms with E-state index in [1.54, 1.807) is 6.07 Å². The summed E-state index contributed by atoms with van der Waals surface area (Å²) in [6.07, 6.45) is 0. The summed E-state index contributed by atoms with van der Waals surface area (Å²) in [5, 5.41) is 15.3. The van der Waals surface area contributed by atoms with Crippen molar-refractivity contribution in [3.63, 3.8) is 0 Å². The van der Waals surface area contributed by atoms with Crippen molar-refractivity contribution in [3.8, 4) is 0 Å². The van der Waals surface area contributed by atoms with Gasteiger partial charge in [0.05, 0.1) is 5.39 Å². The molecule has 84 valence electrons. The fourth-order valence-electron chi connectivity index (χ4n) is 1.30. The number of carbonyl (C=O) groups is 1. The lowest BCUT2D eigenvalue weighted by molar-refractivity contribution is -0.137. The van der Waals surface area contributed by atoms with Crippen molar-refractivity contribution in [3.05, 3.63) is 24.0 Å². The number of hydrogen-bond acceptors (Lipinski definition) is 4. The highest BCUT2D eigenvalue weighted by atomic mass is 19.1. The number of nitrogens with zero attached hydrogens (tertiary/aromatic N) is 1. The summed E-state index contributed by atoms with van der Waals surface area (Å²) in [5.41, 5.74) is 0.0163. The SMILES string of the molecule is CC(Nc1noc2c(F)cccc12)C(=O)O. The third-order valence-electron chi connectivity index (χ3n) is 2.17. The van der Waals surface area contributed by atoms with E-state index in [-0.39, 0.29) is 11.4 Å². The third kappa shape index (κ3) is 1.69. The average Bonchev–Trinajstić information content (AvgIpc) is 2.63. The summed E-state index contributed by atoms with van der Waals surface area (Å²) in [5.74, 6) is -1.32. The van der Waals surface area contributed by atoms with E-state index >= 15 is 0 Å². The number of carboxylic acids is 1. The summed E-state index contributed by atoms with van der Waals surface area (Å²) >= 11 is 0. The molecule has 1 aromatic carbocycles. The highest BCUT2D eigenvalue weighted by molar-refractivity contribution is 5.90. The predicted octanol–water partition coefficient (Wildman–Crippen LogP) is 1.85. The minimum Gasteiger partial charge on any atom is -0.480 e. The Labute approximate surface area is 89.8 Å². The van der Waals surface area contributed by atoms with Crippen molar-refractivity contribution in [1.29, 1.82) is 0 Å². The monoisotopic (exact) mass is 224 g/mol. The van der Waals surface area contributed by atoms with Gasteiger partial charge in [-0.2, -0.15) is 0 Å². The van der Waals surface area contributed by atoms with Gasteiger partial charge in [0.2, 0.25) is 5.58 Å². The van der Waals surface area contributed by atoms with Crippen LogP contribution in [0.3, 0.4) is 0 Å². The van der Waals surface area contributed by atoms with E-state index in [0.29, 0.717) is 5.39 Å². The highest BCUT2D eigenvalue weighted by Crippen LogP contribution is 2.25. The molecule has 0 aliphatic heterocycles. The van der Waals surface area contributed by atoms with Gasteiger partial charge in [-0.15, -0.1) is 0 Å². The van der Waals surface area contributed by atoms with Crippen molar-refractivity contribution in [2.24, 2.45) is 0 Å². The fourth-order valence-corrected chi connectivity index (χ4v) is 1.30. The molecule has 1 atom stereocenters. The standard InChI is InChI=1S/C10H9FN2O3/c1-5(10(14)15)12-9-6-3-2-4-7(11)8(6)16-13-9/h2-5H,1H3,(H,12,13)(H,14,15). The molecule has 5 nitrogen and oxygen atoms in total. The summed E-state index contributed by atoms with van der Waals surface area (Å²) in [7, 11) is 0. The number of rotatable bonds is 3. The molecule has 1 heterocycles. The van der Waals surface area contributed by atoms with Gasteiger partial charge >= 0.3 is 5.97 Å². The maximum absolute atomic E-state index is 13.2. The molecule has 1 aromatic heterocycles. The molecule has 0 saturated carbocycles. The van der Waals surface area contributed by atoms with Gasteiger partial charge < -0.3 is 14.9 Å². The maximum Gasteiger partial charge on any atom is 0.325 e. The normalized spacial score (nSPS) is 12.6. The molecule has 16 heavy (non-hydrogen) atoms. The summed E-state index contributed by atoms with van der Waals surface area (Å²) in [6.45, 7) is 1.46. The molecule has 0 radical (unpaired) electrons. The van der Waals surface area contributed by atoms with Crippen LogP contribution in [0.15, 0.2) is 22.7 Å². The lowest BCUT2D eigenvalue weighted by Gasteiger charge is -2.06. The molecular weight excluding hydrogens is 215 g/mol. The Bertz CT molecular complexity index is 538. The van der Waals surface area contributed by atoms with E-state index in [4.69, 9.17) is 9.63 Å². The van der Waals surface area contributed by atoms with Gasteiger partial charge in [-0.3, -0.25) is 4.79 Å². The van der Waals surface area contributed by atoms with Gasteiger partial charge in [0, 0.05) is 0 Å². The fraction of sp³-hybridized carbons (Fsp3) is 0.200. The number of hydrogen-bond donors (Lipinski definition) is 2. The summed E-state index contributed by atoms with van der Waals surface area (Å²) < 4.78 is 18.0. The first kappa shape index (κ1) is 10.4. The predicted molar refractivity (Wildman–Crippen MR) is 54.7 cm³/mol. The number of fused-ring (bicyclic) bond motifs is 1. The molecule has 2 N–H and O–H groups in total. The molecule has 1 unspecified atom stereocenters. The molecule has 2 rings (SSSR count). The van der Waals surface area contributed by atoms with Crippen LogP contribution in [0.25, 0.3) is 11.0 Å². The van der Waals surface area contributed by atoms with Crippen LogP contribution >= 0.6 is 0 Å². The zero-order valence-corrected chi connectivity index (χ0v) is 8.40. The summed E-state index contributed by atoms with van der Waals surface area (Å²) in [6, 6.07) is 3.53. The molecule has 0 spiro atoms. The number of para-hydroxylation sites is 1. The first-order chi connectivity index (χ1) is 7.59. The molecule has 2 aromatic rings. The van der Waals surface area contributed by atoms with E-state index < -0.39 is 17.8 Å². The quantitative estimate of drug-likeness (QED) is 0.832. The largest absolute Gasteiger partial charge is 0.480 e. The molecule has 0 aliphatic carbocycles. The zero-order valence-electron chi connectivity index (χ0n) is 8.40. The van der Waals surface area contributed by atoms with Crippen LogP contribution in [0.1, 0.15) is 6.92 Å². The Balaban J connectivity index is 2.39. The van der Waals surface area contributed by atoms with Crippen LogP contribution in [0.4, 0.5) is 10.2 Å². The van der Waals surface area contributed by atoms with E-state index in [9.17, 15) is 9.18 Å². The van der Waals surface area contributed by atoms with Crippen LogP contribution in [-0.4, -0.2) is 22.3 Å². The van der Waals surface area contributed by atoms with E-state index in [1.165, 1.54) is 19.1 Å². The lowest BCUT2D eigenvalue weighted by atomic mass is 10.2. The Morgan fingerprint density at radius 2 is 2.38 bits per heavy atom. The van der Waals surface area contributed by atoms with E-state index in [1.807, 2.05) is 0 Å². The Kier molecular flexibility index (Phi) is 2.47. The number of benzene rings is 1. The topological polar surface area (TPSA) is 75.4 Å². The number of nitrogens with one attached hydrogen (secondary N) is 1. The molecule has 0 saturated heterocycles. The Morgan fingerprint density at radius 1 is 1.62 bits per heavy atom. The van der Waals surface area contributed by atoms with Gasteiger partial charge in [0.25, 0.3) is 0 Å². The van der Waals surface area contributed by atoms with Gasteiger partial charge in [-0.1, -0.05) is 11.2 Å². The second-order valence-corrected chi connectivity index (χ2v) is 3.35. The highest BCUT2D eigenvalue weighted by Gasteiger charge is 2.16. The van der Waals surface area contributed by atoms with Gasteiger partial charge in [0.1, 0.15) is 6.04 Å². The molecule has 6 heteroatoms. The van der Waals surface area contributed by atoms with Crippen LogP contribution in [0.2, 0.25) is 0 Å². The van der Waals surface area contributed by atoms with Gasteiger partial charge in [0.15, 0.2) is 11.6 Å². The molecule has 0 bridgehead atoms. The first-order valence-corrected chi connectivity index (χ1v) is 4.63. The van der Waals surface area contributed by atoms with Gasteiger partial charge in [-0.05, 0) is 19.1 Å². The molecular formula is C10H9FN2O3. The van der Waals surface area contributed by atoms with Crippen molar-refractivity contribution < 1.29 is 18.8 Å². The van der Waals surface area contributed by atoms with Gasteiger partial charge in [-0.25, -0.2) is 4.39 Å². The molecule has 0 aliphatic rings. The minimum absolute atomic E-state index is 0.0163. The molecule has 0 amide bonds. The van der Waals surface area contributed by atoms with Crippen molar-refractivity contribution in [2.75, 3.05) is 5.32 Å². The third-order valence-corrected chi connectivity index (χ3v) is 2.17. The Hall–Kier alpha value is -2.11. The lowest BCUT2D eigenvalue weighted by Crippen LogP contribution is -2.25. The number of anilines is 1.